The van der Waals surface area contributed by atoms with Crippen molar-refractivity contribution in [3.8, 4) is 0 Å². The molecular formula is C16H21N3O2S. The first-order chi connectivity index (χ1) is 10.5. The highest BCUT2D eigenvalue weighted by Gasteiger charge is 2.12. The predicted octanol–water partition coefficient (Wildman–Crippen LogP) is 2.96. The van der Waals surface area contributed by atoms with Crippen LogP contribution in [0.3, 0.4) is 0 Å². The Morgan fingerprint density at radius 3 is 2.77 bits per heavy atom. The van der Waals surface area contributed by atoms with E-state index in [9.17, 15) is 9.59 Å². The molecular weight excluding hydrogens is 298 g/mol. The zero-order valence-electron chi connectivity index (χ0n) is 13.2. The third-order valence-corrected chi connectivity index (χ3v) is 4.60. The van der Waals surface area contributed by atoms with Gasteiger partial charge in [-0.05, 0) is 37.5 Å². The number of hydrogen-bond acceptors (Lipinski definition) is 4. The Morgan fingerprint density at radius 2 is 2.09 bits per heavy atom. The largest absolute Gasteiger partial charge is 0.343 e. The molecule has 0 aliphatic heterocycles. The van der Waals surface area contributed by atoms with Crippen molar-refractivity contribution in [3.63, 3.8) is 0 Å². The molecule has 0 aliphatic carbocycles. The third-order valence-electron chi connectivity index (χ3n) is 3.62. The van der Waals surface area contributed by atoms with Gasteiger partial charge in [0, 0.05) is 12.1 Å². The highest BCUT2D eigenvalue weighted by Crippen LogP contribution is 2.17. The molecule has 1 aromatic heterocycles. The molecule has 2 aromatic rings. The summed E-state index contributed by atoms with van der Waals surface area (Å²) in [6, 6.07) is 5.71. The molecule has 0 fully saturated rings. The molecule has 0 unspecified atom stereocenters. The molecule has 0 aliphatic rings. The topological polar surface area (TPSA) is 67.8 Å². The van der Waals surface area contributed by atoms with Crippen LogP contribution in [0.15, 0.2) is 28.2 Å². The van der Waals surface area contributed by atoms with Crippen molar-refractivity contribution in [2.24, 2.45) is 0 Å². The van der Waals surface area contributed by atoms with E-state index in [0.717, 1.165) is 18.4 Å². The van der Waals surface area contributed by atoms with E-state index in [1.165, 1.54) is 17.3 Å². The van der Waals surface area contributed by atoms with Crippen molar-refractivity contribution in [2.45, 2.75) is 45.3 Å². The Kier molecular flexibility index (Phi) is 5.60. The molecule has 1 N–H and O–H groups in total. The number of ketones is 1. The van der Waals surface area contributed by atoms with Crippen LogP contribution in [-0.2, 0) is 6.54 Å². The first-order valence-electron chi connectivity index (χ1n) is 7.41. The maximum absolute atomic E-state index is 12.3. The summed E-state index contributed by atoms with van der Waals surface area (Å²) >= 11 is 1.30. The SMILES string of the molecule is CCCCn1c(SCC(=O)c2ccc(C)c(C)c2)n[nH]c1=O. The minimum Gasteiger partial charge on any atom is -0.293 e. The number of carbonyl (C=O) groups is 1. The number of hydrogen-bond donors (Lipinski definition) is 1. The lowest BCUT2D eigenvalue weighted by molar-refractivity contribution is 0.102. The number of nitrogens with zero attached hydrogens (tertiary/aromatic N) is 2. The van der Waals surface area contributed by atoms with Gasteiger partial charge in [-0.1, -0.05) is 37.2 Å². The maximum atomic E-state index is 12.3. The van der Waals surface area contributed by atoms with Crippen molar-refractivity contribution in [3.05, 3.63) is 45.4 Å². The minimum atomic E-state index is -0.213. The van der Waals surface area contributed by atoms with Gasteiger partial charge in [-0.3, -0.25) is 9.36 Å². The molecule has 0 bridgehead atoms. The smallest absolute Gasteiger partial charge is 0.293 e. The Bertz CT molecular complexity index is 718. The summed E-state index contributed by atoms with van der Waals surface area (Å²) in [6.45, 7) is 6.72. The van der Waals surface area contributed by atoms with Crippen LogP contribution in [-0.4, -0.2) is 26.3 Å². The van der Waals surface area contributed by atoms with E-state index in [1.807, 2.05) is 32.0 Å². The first-order valence-corrected chi connectivity index (χ1v) is 8.40. The van der Waals surface area contributed by atoms with Gasteiger partial charge in [0.2, 0.25) is 0 Å². The standard InChI is InChI=1S/C16H21N3O2S/c1-4-5-8-19-15(21)17-18-16(19)22-10-14(20)13-7-6-11(2)12(3)9-13/h6-7,9H,4-5,8,10H2,1-3H3,(H,17,21). The fraction of sp³-hybridized carbons (Fsp3) is 0.438. The average Bonchev–Trinajstić information content (AvgIpc) is 2.85. The number of H-pyrrole nitrogens is 1. The molecule has 1 aromatic carbocycles. The van der Waals surface area contributed by atoms with Gasteiger partial charge in [0.25, 0.3) is 0 Å². The molecule has 0 amide bonds. The van der Waals surface area contributed by atoms with Crippen molar-refractivity contribution in [1.82, 2.24) is 14.8 Å². The lowest BCUT2D eigenvalue weighted by Crippen LogP contribution is -2.18. The Labute approximate surface area is 134 Å². The molecule has 22 heavy (non-hydrogen) atoms. The number of thioether (sulfide) groups is 1. The van der Waals surface area contributed by atoms with Gasteiger partial charge < -0.3 is 0 Å². The lowest BCUT2D eigenvalue weighted by atomic mass is 10.0. The Balaban J connectivity index is 2.05. The van der Waals surface area contributed by atoms with E-state index in [2.05, 4.69) is 17.1 Å². The van der Waals surface area contributed by atoms with Crippen LogP contribution in [0, 0.1) is 13.8 Å². The normalized spacial score (nSPS) is 10.9. The molecule has 0 spiro atoms. The molecule has 0 radical (unpaired) electrons. The number of benzene rings is 1. The van der Waals surface area contributed by atoms with Crippen molar-refractivity contribution in [1.29, 1.82) is 0 Å². The second kappa shape index (κ2) is 7.45. The molecule has 118 valence electrons. The minimum absolute atomic E-state index is 0.0468. The number of rotatable bonds is 7. The number of aromatic nitrogens is 3. The summed E-state index contributed by atoms with van der Waals surface area (Å²) in [6.07, 6.45) is 1.92. The number of Topliss-reactive ketones (excluding diaryl/α,β-unsaturated/α-hetero) is 1. The van der Waals surface area contributed by atoms with Crippen LogP contribution < -0.4 is 5.69 Å². The van der Waals surface area contributed by atoms with Gasteiger partial charge in [-0.15, -0.1) is 5.10 Å². The summed E-state index contributed by atoms with van der Waals surface area (Å²) in [4.78, 5) is 24.0. The number of aryl methyl sites for hydroxylation is 2. The van der Waals surface area contributed by atoms with E-state index in [1.54, 1.807) is 4.57 Å². The number of carbonyl (C=O) groups excluding carboxylic acids is 1. The summed E-state index contributed by atoms with van der Waals surface area (Å²) in [5.74, 6) is 0.324. The van der Waals surface area contributed by atoms with Crippen molar-refractivity contribution < 1.29 is 4.79 Å². The second-order valence-electron chi connectivity index (χ2n) is 5.33. The van der Waals surface area contributed by atoms with Crippen LogP contribution in [0.4, 0.5) is 0 Å². The van der Waals surface area contributed by atoms with Crippen LogP contribution in [0.1, 0.15) is 41.3 Å². The van der Waals surface area contributed by atoms with E-state index in [0.29, 0.717) is 17.3 Å². The van der Waals surface area contributed by atoms with Crippen LogP contribution >= 0.6 is 11.8 Å². The summed E-state index contributed by atoms with van der Waals surface area (Å²) in [7, 11) is 0. The van der Waals surface area contributed by atoms with Crippen LogP contribution in [0.5, 0.6) is 0 Å². The monoisotopic (exact) mass is 319 g/mol. The molecule has 1 heterocycles. The molecule has 5 nitrogen and oxygen atoms in total. The molecule has 0 saturated carbocycles. The molecule has 0 saturated heterocycles. The fourth-order valence-electron chi connectivity index (χ4n) is 2.06. The summed E-state index contributed by atoms with van der Waals surface area (Å²) in [5, 5.41) is 7.03. The fourth-order valence-corrected chi connectivity index (χ4v) is 2.92. The van der Waals surface area contributed by atoms with E-state index >= 15 is 0 Å². The molecule has 2 rings (SSSR count). The van der Waals surface area contributed by atoms with E-state index in [-0.39, 0.29) is 17.2 Å². The quantitative estimate of drug-likeness (QED) is 0.629. The van der Waals surface area contributed by atoms with Crippen molar-refractivity contribution >= 4 is 17.5 Å². The van der Waals surface area contributed by atoms with Crippen LogP contribution in [0.2, 0.25) is 0 Å². The van der Waals surface area contributed by atoms with Gasteiger partial charge in [0.05, 0.1) is 5.75 Å². The van der Waals surface area contributed by atoms with E-state index in [4.69, 9.17) is 0 Å². The van der Waals surface area contributed by atoms with Crippen molar-refractivity contribution in [2.75, 3.05) is 5.75 Å². The number of aromatic amines is 1. The van der Waals surface area contributed by atoms with Gasteiger partial charge in [0.15, 0.2) is 10.9 Å². The zero-order valence-corrected chi connectivity index (χ0v) is 14.0. The molecule has 0 atom stereocenters. The van der Waals surface area contributed by atoms with Crippen LogP contribution in [0.25, 0.3) is 0 Å². The number of nitrogens with one attached hydrogen (secondary N) is 1. The lowest BCUT2D eigenvalue weighted by Gasteiger charge is -2.06. The number of unbranched alkanes of at least 4 members (excludes halogenated alkanes) is 1. The first kappa shape index (κ1) is 16.5. The van der Waals surface area contributed by atoms with Gasteiger partial charge >= 0.3 is 5.69 Å². The highest BCUT2D eigenvalue weighted by atomic mass is 32.2. The maximum Gasteiger partial charge on any atom is 0.343 e. The second-order valence-corrected chi connectivity index (χ2v) is 6.27. The van der Waals surface area contributed by atoms with E-state index < -0.39 is 0 Å². The average molecular weight is 319 g/mol. The Hall–Kier alpha value is -1.82. The predicted molar refractivity (Wildman–Crippen MR) is 88.7 cm³/mol. The van der Waals surface area contributed by atoms with Gasteiger partial charge in [-0.2, -0.15) is 0 Å². The highest BCUT2D eigenvalue weighted by molar-refractivity contribution is 7.99. The summed E-state index contributed by atoms with van der Waals surface area (Å²) in [5.41, 5.74) is 2.77. The van der Waals surface area contributed by atoms with Gasteiger partial charge in [-0.25, -0.2) is 9.89 Å². The zero-order chi connectivity index (χ0) is 16.1. The molecule has 6 heteroatoms. The Morgan fingerprint density at radius 1 is 1.32 bits per heavy atom. The van der Waals surface area contributed by atoms with Gasteiger partial charge in [0.1, 0.15) is 0 Å². The summed E-state index contributed by atoms with van der Waals surface area (Å²) < 4.78 is 1.60. The third kappa shape index (κ3) is 3.88.